The number of benzene rings is 3. The number of ether oxygens (including phenoxy) is 2. The minimum Gasteiger partial charge on any atom is -0.495 e. The summed E-state index contributed by atoms with van der Waals surface area (Å²) in [5.74, 6) is -4.20. The van der Waals surface area contributed by atoms with Gasteiger partial charge < -0.3 is 54.9 Å². The number of aromatic amines is 1. The van der Waals surface area contributed by atoms with Crippen molar-refractivity contribution < 1.29 is 67.2 Å². The molecular formula is C80H110FN11O13. The molecule has 0 unspecified atom stereocenters. The molecule has 3 atom stereocenters. The zero-order valence-electron chi connectivity index (χ0n) is 62.2. The zero-order valence-corrected chi connectivity index (χ0v) is 62.2. The number of rotatable bonds is 39. The average Bonchev–Trinajstić information content (AvgIpc) is 1.71. The average molecular weight is 1450 g/mol. The fourth-order valence-corrected chi connectivity index (χ4v) is 15.4. The lowest BCUT2D eigenvalue weighted by molar-refractivity contribution is -0.151. The van der Waals surface area contributed by atoms with E-state index in [9.17, 15) is 48.3 Å². The number of urea groups is 2. The van der Waals surface area contributed by atoms with E-state index in [1.54, 1.807) is 25.1 Å². The molecule has 3 aromatic carbocycles. The van der Waals surface area contributed by atoms with Gasteiger partial charge >= 0.3 is 30.0 Å². The number of amides is 8. The maximum absolute atomic E-state index is 15.8. The number of methoxy groups -OCH3 is 1. The molecule has 4 aliphatic heterocycles. The molecule has 5 aromatic rings. The van der Waals surface area contributed by atoms with Crippen LogP contribution in [0.25, 0.3) is 33.5 Å². The number of hydrogen-bond acceptors (Lipinski definition) is 14. The number of aromatic nitrogens is 3. The fourth-order valence-electron chi connectivity index (χ4n) is 15.4. The number of anilines is 2. The van der Waals surface area contributed by atoms with Crippen LogP contribution in [0, 0.1) is 30.0 Å². The van der Waals surface area contributed by atoms with Crippen molar-refractivity contribution in [2.75, 3.05) is 82.8 Å². The number of nitrogens with one attached hydrogen (secondary N) is 4. The number of fused-ring (bicyclic) bond motifs is 1. The third-order valence-corrected chi connectivity index (χ3v) is 21.6. The second kappa shape index (κ2) is 39.4. The smallest absolute Gasteiger partial charge is 0.328 e. The van der Waals surface area contributed by atoms with E-state index in [1.807, 2.05) is 24.8 Å². The van der Waals surface area contributed by atoms with E-state index in [2.05, 4.69) is 67.0 Å². The van der Waals surface area contributed by atoms with Crippen molar-refractivity contribution in [3.8, 4) is 28.3 Å². The topological polar surface area (TPSA) is 306 Å². The predicted octanol–water partition coefficient (Wildman–Crippen LogP) is 13.5. The molecule has 4 aliphatic rings. The lowest BCUT2D eigenvalue weighted by atomic mass is 9.71. The molecule has 1 spiro atoms. The number of halogens is 1. The van der Waals surface area contributed by atoms with Gasteiger partial charge in [-0.25, -0.2) is 28.7 Å². The summed E-state index contributed by atoms with van der Waals surface area (Å²) in [6.45, 7) is 12.5. The second-order valence-corrected chi connectivity index (χ2v) is 29.7. The highest BCUT2D eigenvalue weighted by Crippen LogP contribution is 2.43. The first kappa shape index (κ1) is 80.1. The highest BCUT2D eigenvalue weighted by molar-refractivity contribution is 6.07. The Balaban J connectivity index is 0.736. The Labute approximate surface area is 616 Å². The number of carbonyl (C=O) groups excluding carboxylic acids is 7. The SMILES string of the molecule is CCCCCCCCCCCN(C(=O)CCCCCCCCCC(=O)O)[C@@H](CCC(=O)NCC(=O)O[C@H]1CN(C(=O)Nc2cc(F)cc(-c3ncnc4[nH]c(-c5ccc(CCN6CCC7(CC6)CCN(C(=O)c6ccc(OC)c(N8CCC(=O)NC8=O)c6)CC7)cc5)cc34)c2C)C[C@@H]1CC(C)C)C(=O)O. The Bertz CT molecular complexity index is 3790. The van der Waals surface area contributed by atoms with Crippen LogP contribution in [0.15, 0.2) is 67.0 Å². The quantitative estimate of drug-likeness (QED) is 0.0157. The molecule has 0 radical (unpaired) electrons. The summed E-state index contributed by atoms with van der Waals surface area (Å²) in [7, 11) is 1.51. The summed E-state index contributed by atoms with van der Waals surface area (Å²) < 4.78 is 27.3. The molecule has 25 heteroatoms. The van der Waals surface area contributed by atoms with Crippen LogP contribution in [-0.2, 0) is 39.9 Å². The molecule has 0 saturated carbocycles. The minimum absolute atomic E-state index is 0.0425. The number of carboxylic acid groups (broad SMARTS) is 2. The van der Waals surface area contributed by atoms with Crippen molar-refractivity contribution in [1.82, 2.24) is 45.2 Å². The van der Waals surface area contributed by atoms with Crippen LogP contribution in [0.5, 0.6) is 5.75 Å². The number of carbonyl (C=O) groups is 9. The molecule has 4 fully saturated rings. The monoisotopic (exact) mass is 1450 g/mol. The molecule has 0 aliphatic carbocycles. The fraction of sp³-hybridized carbons (Fsp3) is 0.588. The highest BCUT2D eigenvalue weighted by atomic mass is 19.1. The summed E-state index contributed by atoms with van der Waals surface area (Å²) in [5.41, 5.74) is 6.35. The van der Waals surface area contributed by atoms with Crippen LogP contribution < -0.4 is 25.6 Å². The first-order chi connectivity index (χ1) is 50.6. The third-order valence-electron chi connectivity index (χ3n) is 21.6. The van der Waals surface area contributed by atoms with Crippen molar-refractivity contribution in [1.29, 1.82) is 0 Å². The Morgan fingerprint density at radius 1 is 0.762 bits per heavy atom. The number of piperidine rings is 2. The van der Waals surface area contributed by atoms with Crippen LogP contribution in [0.3, 0.4) is 0 Å². The van der Waals surface area contributed by atoms with E-state index in [0.29, 0.717) is 83.6 Å². The first-order valence-corrected chi connectivity index (χ1v) is 38.4. The molecule has 570 valence electrons. The number of hydrogen-bond donors (Lipinski definition) is 6. The molecule has 24 nitrogen and oxygen atoms in total. The van der Waals surface area contributed by atoms with Crippen LogP contribution >= 0.6 is 0 Å². The maximum atomic E-state index is 15.8. The summed E-state index contributed by atoms with van der Waals surface area (Å²) in [5, 5.41) is 27.9. The largest absolute Gasteiger partial charge is 0.495 e. The van der Waals surface area contributed by atoms with Gasteiger partial charge in [0.1, 0.15) is 42.2 Å². The van der Waals surface area contributed by atoms with Crippen LogP contribution in [0.1, 0.15) is 209 Å². The molecule has 4 saturated heterocycles. The van der Waals surface area contributed by atoms with Crippen LogP contribution in [0.4, 0.5) is 25.4 Å². The molecule has 6 N–H and O–H groups in total. The van der Waals surface area contributed by atoms with Crippen molar-refractivity contribution in [2.24, 2.45) is 17.3 Å². The molecule has 8 amide bonds. The predicted molar refractivity (Wildman–Crippen MR) is 400 cm³/mol. The van der Waals surface area contributed by atoms with E-state index in [0.717, 1.165) is 121 Å². The van der Waals surface area contributed by atoms with Gasteiger partial charge in [0.25, 0.3) is 5.91 Å². The van der Waals surface area contributed by atoms with Gasteiger partial charge in [-0.3, -0.25) is 39.0 Å². The van der Waals surface area contributed by atoms with Crippen LogP contribution in [0.2, 0.25) is 0 Å². The number of carboxylic acids is 2. The van der Waals surface area contributed by atoms with Gasteiger partial charge in [0.15, 0.2) is 0 Å². The van der Waals surface area contributed by atoms with Gasteiger partial charge in [0.05, 0.1) is 25.0 Å². The first-order valence-electron chi connectivity index (χ1n) is 38.4. The second-order valence-electron chi connectivity index (χ2n) is 29.7. The Kier molecular flexibility index (Phi) is 30.0. The van der Waals surface area contributed by atoms with Gasteiger partial charge in [-0.2, -0.15) is 0 Å². The Morgan fingerprint density at radius 2 is 1.43 bits per heavy atom. The van der Waals surface area contributed by atoms with Crippen molar-refractivity contribution in [3.05, 3.63) is 89.5 Å². The summed E-state index contributed by atoms with van der Waals surface area (Å²) in [4.78, 5) is 138. The van der Waals surface area contributed by atoms with Gasteiger partial charge in [-0.15, -0.1) is 0 Å². The maximum Gasteiger partial charge on any atom is 0.328 e. The molecular weight excluding hydrogens is 1340 g/mol. The van der Waals surface area contributed by atoms with Crippen LogP contribution in [-0.4, -0.2) is 183 Å². The van der Waals surface area contributed by atoms with Gasteiger partial charge in [-0.1, -0.05) is 129 Å². The van der Waals surface area contributed by atoms with Crippen molar-refractivity contribution >= 4 is 76.0 Å². The number of unbranched alkanes of at least 4 members (excludes halogenated alkanes) is 14. The zero-order chi connectivity index (χ0) is 75.0. The van der Waals surface area contributed by atoms with Crippen molar-refractivity contribution in [3.63, 3.8) is 0 Å². The Morgan fingerprint density at radius 3 is 2.09 bits per heavy atom. The normalized spacial score (nSPS) is 17.1. The van der Waals surface area contributed by atoms with E-state index in [4.69, 9.17) is 14.6 Å². The number of aliphatic carboxylic acids is 2. The summed E-state index contributed by atoms with van der Waals surface area (Å²) >= 11 is 0. The van der Waals surface area contributed by atoms with E-state index < -0.39 is 60.4 Å². The minimum atomic E-state index is -1.23. The lowest BCUT2D eigenvalue weighted by Crippen LogP contribution is -2.50. The molecule has 2 aromatic heterocycles. The number of likely N-dealkylation sites (tertiary alicyclic amines) is 3. The van der Waals surface area contributed by atoms with E-state index >= 15 is 4.39 Å². The number of nitrogens with zero attached hydrogens (tertiary/aromatic N) is 7. The lowest BCUT2D eigenvalue weighted by Gasteiger charge is -2.47. The third kappa shape index (κ3) is 23.0. The summed E-state index contributed by atoms with van der Waals surface area (Å²) in [6.07, 6.45) is 21.3. The Hall–Kier alpha value is -9.00. The molecule has 0 bridgehead atoms. The van der Waals surface area contributed by atoms with E-state index in [1.165, 1.54) is 71.5 Å². The molecule has 105 heavy (non-hydrogen) atoms. The van der Waals surface area contributed by atoms with E-state index in [-0.39, 0.29) is 98.9 Å². The highest BCUT2D eigenvalue weighted by Gasteiger charge is 2.41. The number of imide groups is 1. The molecule has 9 rings (SSSR count). The van der Waals surface area contributed by atoms with Gasteiger partial charge in [-0.05, 0) is 149 Å². The van der Waals surface area contributed by atoms with Gasteiger partial charge in [0, 0.05) is 98.8 Å². The number of H-pyrrole nitrogens is 1. The summed E-state index contributed by atoms with van der Waals surface area (Å²) in [6, 6.07) is 15.9. The standard InChI is InChI=1S/C80H110FN11O13/c1-6-7-8-9-10-11-15-18-21-38-91(71(95)22-19-16-13-12-14-17-20-23-72(96)97)65(77(100)101)29-31-69(93)82-50-73(98)105-68-52-90(51-59(68)45-54(2)3)78(102)86-63-48-60(81)47-61(55(63)4)74-62-49-64(85-75(62)84-53-83-74)57-26-24-56(25-27-57)32-39-88-41-34-80(35-42-88)36-43-89(44-37-80)76(99)58-28-30-67(104-5)66(46-58)92-40-33-70(94)87-79(92)103/h24-28,30,46-49,53-54,59,65,68H,6-23,29,31-45,50-52H2,1-5H3,(H,82,93)(H,86,102)(H,96,97)(H,100,101)(H,83,84,85)(H,87,94,103)/t59-,65-,68-/m0/s1. The van der Waals surface area contributed by atoms with Gasteiger partial charge in [0.2, 0.25) is 17.7 Å². The molecule has 6 heterocycles. The van der Waals surface area contributed by atoms with Crippen molar-refractivity contribution in [2.45, 2.75) is 213 Å². The number of esters is 1.